The molecule has 0 saturated carbocycles. The Morgan fingerprint density at radius 2 is 1.52 bits per heavy atom. The molecule has 7 nitrogen and oxygen atoms in total. The van der Waals surface area contributed by atoms with E-state index in [0.717, 1.165) is 5.69 Å². The van der Waals surface area contributed by atoms with Crippen molar-refractivity contribution in [2.45, 2.75) is 6.42 Å². The van der Waals surface area contributed by atoms with Gasteiger partial charge in [-0.15, -0.1) is 0 Å². The Morgan fingerprint density at radius 3 is 2.19 bits per heavy atom. The van der Waals surface area contributed by atoms with Crippen molar-refractivity contribution in [3.8, 4) is 0 Å². The van der Waals surface area contributed by atoms with Crippen LogP contribution < -0.4 is 10.7 Å². The summed E-state index contributed by atoms with van der Waals surface area (Å²) in [7, 11) is 0. The molecular formula is C23H18ClN3O4. The van der Waals surface area contributed by atoms with Crippen LogP contribution in [0.1, 0.15) is 27.1 Å². The van der Waals surface area contributed by atoms with Gasteiger partial charge in [-0.2, -0.15) is 5.10 Å². The van der Waals surface area contributed by atoms with E-state index in [1.165, 1.54) is 24.3 Å². The lowest BCUT2D eigenvalue weighted by Gasteiger charge is -2.11. The number of nitrogens with zero attached hydrogens (tertiary/aromatic N) is 1. The molecule has 3 rings (SSSR count). The fourth-order valence-electron chi connectivity index (χ4n) is 2.70. The van der Waals surface area contributed by atoms with Gasteiger partial charge < -0.3 is 10.4 Å². The number of carboxylic acids is 1. The molecule has 0 bridgehead atoms. The minimum atomic E-state index is -1.40. The Morgan fingerprint density at radius 1 is 0.871 bits per heavy atom. The van der Waals surface area contributed by atoms with Crippen LogP contribution in [-0.4, -0.2) is 28.5 Å². The van der Waals surface area contributed by atoms with E-state index in [4.69, 9.17) is 11.6 Å². The first-order valence-corrected chi connectivity index (χ1v) is 9.62. The van der Waals surface area contributed by atoms with E-state index in [-0.39, 0.29) is 5.56 Å². The number of aliphatic carboxylic acids is 1. The van der Waals surface area contributed by atoms with Crippen LogP contribution in [0.5, 0.6) is 0 Å². The van der Waals surface area contributed by atoms with Crippen molar-refractivity contribution < 1.29 is 19.5 Å². The predicted octanol–water partition coefficient (Wildman–Crippen LogP) is 4.53. The zero-order chi connectivity index (χ0) is 22.2. The fraction of sp³-hybridized carbons (Fsp3) is 0.0435. The quantitative estimate of drug-likeness (QED) is 0.274. The number of carboxylic acid groups (broad SMARTS) is 1. The van der Waals surface area contributed by atoms with Crippen LogP contribution in [0.25, 0.3) is 0 Å². The summed E-state index contributed by atoms with van der Waals surface area (Å²) in [4.78, 5) is 36.5. The summed E-state index contributed by atoms with van der Waals surface area (Å²) in [6, 6.07) is 22.1. The maximum atomic E-state index is 12.6. The number of benzene rings is 3. The average molecular weight is 436 g/mol. The normalized spacial score (nSPS) is 10.9. The molecule has 156 valence electrons. The van der Waals surface area contributed by atoms with Crippen molar-refractivity contribution in [3.63, 3.8) is 0 Å². The molecule has 0 unspecified atom stereocenters. The summed E-state index contributed by atoms with van der Waals surface area (Å²) < 4.78 is 0. The lowest BCUT2D eigenvalue weighted by atomic mass is 10.1. The van der Waals surface area contributed by atoms with Gasteiger partial charge in [-0.05, 0) is 48.5 Å². The minimum absolute atomic E-state index is 0.267. The molecule has 0 fully saturated rings. The monoisotopic (exact) mass is 435 g/mol. The van der Waals surface area contributed by atoms with Crippen molar-refractivity contribution in [1.29, 1.82) is 0 Å². The topological polar surface area (TPSA) is 108 Å². The van der Waals surface area contributed by atoms with Gasteiger partial charge in [-0.1, -0.05) is 41.9 Å². The first kappa shape index (κ1) is 21.7. The van der Waals surface area contributed by atoms with Gasteiger partial charge in [0.2, 0.25) is 0 Å². The van der Waals surface area contributed by atoms with E-state index >= 15 is 0 Å². The molecule has 0 atom stereocenters. The molecule has 1 amide bonds. The van der Waals surface area contributed by atoms with E-state index in [1.807, 2.05) is 30.3 Å². The van der Waals surface area contributed by atoms with Gasteiger partial charge in [0.15, 0.2) is 11.5 Å². The number of rotatable bonds is 8. The van der Waals surface area contributed by atoms with Crippen LogP contribution in [0.3, 0.4) is 0 Å². The van der Waals surface area contributed by atoms with Gasteiger partial charge in [-0.3, -0.25) is 9.59 Å². The largest absolute Gasteiger partial charge is 0.477 e. The number of halogens is 1. The van der Waals surface area contributed by atoms with Gasteiger partial charge >= 0.3 is 5.97 Å². The molecule has 0 aromatic heterocycles. The zero-order valence-electron chi connectivity index (χ0n) is 16.2. The Labute approximate surface area is 183 Å². The molecule has 0 heterocycles. The SMILES string of the molecule is O=C(O)C(CC(=O)c1ccc(Cl)cc1)=NNC(=O)c1ccccc1Nc1ccccc1. The third-order valence-corrected chi connectivity index (χ3v) is 4.51. The number of carbonyl (C=O) groups excluding carboxylic acids is 2. The molecule has 3 aromatic rings. The number of ketones is 1. The average Bonchev–Trinajstić information content (AvgIpc) is 2.77. The number of Topliss-reactive ketones (excluding diaryl/α,β-unsaturated/α-hetero) is 1. The summed E-state index contributed by atoms with van der Waals surface area (Å²) in [6.45, 7) is 0. The number of amides is 1. The second kappa shape index (κ2) is 10.2. The predicted molar refractivity (Wildman–Crippen MR) is 119 cm³/mol. The van der Waals surface area contributed by atoms with Crippen LogP contribution in [0.2, 0.25) is 5.02 Å². The number of hydrogen-bond donors (Lipinski definition) is 3. The van der Waals surface area contributed by atoms with E-state index in [9.17, 15) is 19.5 Å². The van der Waals surface area contributed by atoms with Crippen molar-refractivity contribution in [2.75, 3.05) is 5.32 Å². The maximum Gasteiger partial charge on any atom is 0.352 e. The van der Waals surface area contributed by atoms with Crippen LogP contribution in [0, 0.1) is 0 Å². The minimum Gasteiger partial charge on any atom is -0.477 e. The molecule has 0 saturated heterocycles. The molecule has 0 aliphatic heterocycles. The highest BCUT2D eigenvalue weighted by Crippen LogP contribution is 2.20. The summed E-state index contributed by atoms with van der Waals surface area (Å²) in [5.41, 5.74) is 3.61. The highest BCUT2D eigenvalue weighted by atomic mass is 35.5. The lowest BCUT2D eigenvalue weighted by Crippen LogP contribution is -2.25. The van der Waals surface area contributed by atoms with Gasteiger partial charge in [0, 0.05) is 16.3 Å². The van der Waals surface area contributed by atoms with Gasteiger partial charge in [0.05, 0.1) is 17.7 Å². The van der Waals surface area contributed by atoms with E-state index in [0.29, 0.717) is 16.3 Å². The summed E-state index contributed by atoms with van der Waals surface area (Å²) in [5.74, 6) is -2.48. The molecule has 8 heteroatoms. The summed E-state index contributed by atoms with van der Waals surface area (Å²) in [5, 5.41) is 16.6. The third kappa shape index (κ3) is 6.01. The van der Waals surface area contributed by atoms with Crippen LogP contribution in [0.15, 0.2) is 84.0 Å². The van der Waals surface area contributed by atoms with Crippen molar-refractivity contribution >= 4 is 46.3 Å². The molecule has 3 aromatic carbocycles. The van der Waals surface area contributed by atoms with E-state index in [1.54, 1.807) is 24.3 Å². The van der Waals surface area contributed by atoms with Gasteiger partial charge in [0.25, 0.3) is 5.91 Å². The fourth-order valence-corrected chi connectivity index (χ4v) is 2.82. The number of carbonyl (C=O) groups is 3. The number of hydrogen-bond acceptors (Lipinski definition) is 5. The van der Waals surface area contributed by atoms with E-state index < -0.39 is 29.8 Å². The Balaban J connectivity index is 1.74. The van der Waals surface area contributed by atoms with Crippen molar-refractivity contribution in [1.82, 2.24) is 5.43 Å². The second-order valence-electron chi connectivity index (χ2n) is 6.45. The van der Waals surface area contributed by atoms with Crippen LogP contribution in [-0.2, 0) is 4.79 Å². The highest BCUT2D eigenvalue weighted by molar-refractivity contribution is 6.40. The number of anilines is 2. The first-order chi connectivity index (χ1) is 14.9. The van der Waals surface area contributed by atoms with Crippen molar-refractivity contribution in [3.05, 3.63) is 95.0 Å². The zero-order valence-corrected chi connectivity index (χ0v) is 17.0. The molecule has 0 aliphatic carbocycles. The van der Waals surface area contributed by atoms with Gasteiger partial charge in [0.1, 0.15) is 0 Å². The van der Waals surface area contributed by atoms with Crippen molar-refractivity contribution in [2.24, 2.45) is 5.10 Å². The number of nitrogens with one attached hydrogen (secondary N) is 2. The Hall–Kier alpha value is -3.97. The maximum absolute atomic E-state index is 12.6. The number of hydrazone groups is 1. The smallest absolute Gasteiger partial charge is 0.352 e. The first-order valence-electron chi connectivity index (χ1n) is 9.24. The Bertz CT molecular complexity index is 1130. The summed E-state index contributed by atoms with van der Waals surface area (Å²) in [6.07, 6.45) is -0.485. The summed E-state index contributed by atoms with van der Waals surface area (Å²) >= 11 is 5.80. The molecule has 0 aliphatic rings. The lowest BCUT2D eigenvalue weighted by molar-refractivity contribution is -0.129. The van der Waals surface area contributed by atoms with Crippen LogP contribution in [0.4, 0.5) is 11.4 Å². The van der Waals surface area contributed by atoms with E-state index in [2.05, 4.69) is 15.8 Å². The standard InChI is InChI=1S/C23H18ClN3O4/c24-16-12-10-15(11-13-16)21(28)14-20(23(30)31)26-27-22(29)18-8-4-5-9-19(18)25-17-6-2-1-3-7-17/h1-13,25H,14H2,(H,27,29)(H,30,31). The van der Waals surface area contributed by atoms with Gasteiger partial charge in [-0.25, -0.2) is 10.2 Å². The molecule has 0 radical (unpaired) electrons. The Kier molecular flexibility index (Phi) is 7.13. The molecule has 31 heavy (non-hydrogen) atoms. The second-order valence-corrected chi connectivity index (χ2v) is 6.88. The highest BCUT2D eigenvalue weighted by Gasteiger charge is 2.18. The number of para-hydroxylation sites is 2. The third-order valence-electron chi connectivity index (χ3n) is 4.26. The molecule has 0 spiro atoms. The molecule has 3 N–H and O–H groups in total. The molecular weight excluding hydrogens is 418 g/mol. The van der Waals surface area contributed by atoms with Crippen LogP contribution >= 0.6 is 11.6 Å².